The molecule has 0 saturated heterocycles. The van der Waals surface area contributed by atoms with E-state index in [9.17, 15) is 9.18 Å². The van der Waals surface area contributed by atoms with Crippen molar-refractivity contribution < 1.29 is 19.0 Å². The first-order chi connectivity index (χ1) is 12.2. The molecule has 1 heterocycles. The molecule has 0 fully saturated rings. The molecule has 1 rings (SSSR count). The van der Waals surface area contributed by atoms with Crippen molar-refractivity contribution in [3.05, 3.63) is 23.3 Å². The zero-order valence-corrected chi connectivity index (χ0v) is 15.6. The fourth-order valence-electron chi connectivity index (χ4n) is 2.97. The Balaban J connectivity index is 2.08. The quantitative estimate of drug-likeness (QED) is 0.337. The number of ether oxygens (including phenoxy) is 1. The average Bonchev–Trinajstić information content (AvgIpc) is 2.98. The van der Waals surface area contributed by atoms with E-state index in [0.29, 0.717) is 12.0 Å². The van der Waals surface area contributed by atoms with E-state index in [2.05, 4.69) is 11.9 Å². The molecule has 25 heavy (non-hydrogen) atoms. The largest absolute Gasteiger partial charge is 0.459 e. The Labute approximate surface area is 151 Å². The molecule has 1 aromatic rings. The van der Waals surface area contributed by atoms with Crippen molar-refractivity contribution >= 4 is 5.97 Å². The fourth-order valence-corrected chi connectivity index (χ4v) is 2.97. The van der Waals surface area contributed by atoms with Gasteiger partial charge in [-0.1, -0.05) is 71.1 Å². The molecule has 0 amide bonds. The number of aromatic amines is 1. The highest BCUT2D eigenvalue weighted by Gasteiger charge is 2.18. The Hall–Kier alpha value is -1.36. The van der Waals surface area contributed by atoms with Crippen molar-refractivity contribution in [2.45, 2.75) is 84.0 Å². The molecular weight excluding hydrogens is 321 g/mol. The van der Waals surface area contributed by atoms with Crippen LogP contribution in [0.5, 0.6) is 0 Å². The van der Waals surface area contributed by atoms with Crippen molar-refractivity contribution in [2.75, 3.05) is 13.2 Å². The number of carbonyl (C=O) groups excluding carboxylic acids is 1. The van der Waals surface area contributed by atoms with Crippen molar-refractivity contribution in [1.29, 1.82) is 0 Å². The second kappa shape index (κ2) is 13.9. The molecule has 0 spiro atoms. The van der Waals surface area contributed by atoms with Crippen LogP contribution in [-0.2, 0) is 11.2 Å². The molecule has 0 unspecified atom stereocenters. The van der Waals surface area contributed by atoms with Crippen LogP contribution < -0.4 is 0 Å². The molecule has 0 atom stereocenters. The molecule has 2 N–H and O–H groups in total. The molecular formula is C20H34FNO3. The van der Waals surface area contributed by atoms with Gasteiger partial charge in [0, 0.05) is 11.8 Å². The number of hydrogen-bond donors (Lipinski definition) is 2. The van der Waals surface area contributed by atoms with Crippen LogP contribution in [0, 0.1) is 5.82 Å². The summed E-state index contributed by atoms with van der Waals surface area (Å²) in [4.78, 5) is 14.2. The molecule has 0 aliphatic heterocycles. The second-order valence-corrected chi connectivity index (χ2v) is 6.65. The van der Waals surface area contributed by atoms with Gasteiger partial charge in [0.2, 0.25) is 0 Å². The monoisotopic (exact) mass is 355 g/mol. The normalized spacial score (nSPS) is 11.0. The molecule has 0 radical (unpaired) electrons. The Kier molecular flexibility index (Phi) is 12.0. The molecule has 4 nitrogen and oxygen atoms in total. The van der Waals surface area contributed by atoms with Crippen LogP contribution in [0.15, 0.2) is 6.20 Å². The van der Waals surface area contributed by atoms with Gasteiger partial charge in [-0.15, -0.1) is 0 Å². The van der Waals surface area contributed by atoms with Gasteiger partial charge in [0.25, 0.3) is 0 Å². The number of H-pyrrole nitrogens is 1. The predicted octanol–water partition coefficient (Wildman–Crippen LogP) is 5.16. The van der Waals surface area contributed by atoms with Crippen molar-refractivity contribution in [3.63, 3.8) is 0 Å². The number of nitrogens with one attached hydrogen (secondary N) is 1. The van der Waals surface area contributed by atoms with Crippen LogP contribution in [0.3, 0.4) is 0 Å². The smallest absolute Gasteiger partial charge is 0.357 e. The minimum absolute atomic E-state index is 0.120. The zero-order valence-electron chi connectivity index (χ0n) is 15.6. The lowest BCUT2D eigenvalue weighted by molar-refractivity contribution is 0.0422. The van der Waals surface area contributed by atoms with Crippen molar-refractivity contribution in [3.8, 4) is 0 Å². The minimum Gasteiger partial charge on any atom is -0.459 e. The number of rotatable bonds is 15. The van der Waals surface area contributed by atoms with Gasteiger partial charge < -0.3 is 14.8 Å². The summed E-state index contributed by atoms with van der Waals surface area (Å²) in [7, 11) is 0. The summed E-state index contributed by atoms with van der Waals surface area (Å²) in [6.07, 6.45) is 16.0. The number of halogens is 1. The van der Waals surface area contributed by atoms with E-state index < -0.39 is 11.8 Å². The van der Waals surface area contributed by atoms with Crippen LogP contribution in [-0.4, -0.2) is 29.3 Å². The van der Waals surface area contributed by atoms with E-state index in [1.165, 1.54) is 57.8 Å². The molecule has 0 aliphatic rings. The highest BCUT2D eigenvalue weighted by molar-refractivity contribution is 5.88. The third kappa shape index (κ3) is 9.05. The maximum Gasteiger partial charge on any atom is 0.357 e. The zero-order chi connectivity index (χ0) is 18.3. The molecule has 0 aromatic carbocycles. The number of aryl methyl sites for hydroxylation is 1. The van der Waals surface area contributed by atoms with Gasteiger partial charge in [-0.3, -0.25) is 0 Å². The summed E-state index contributed by atoms with van der Waals surface area (Å²) < 4.78 is 18.8. The Morgan fingerprint density at radius 2 is 1.60 bits per heavy atom. The molecule has 144 valence electrons. The van der Waals surface area contributed by atoms with E-state index in [1.54, 1.807) is 6.20 Å². The van der Waals surface area contributed by atoms with E-state index in [-0.39, 0.29) is 18.9 Å². The lowest BCUT2D eigenvalue weighted by atomic mass is 10.0. The van der Waals surface area contributed by atoms with Gasteiger partial charge >= 0.3 is 5.97 Å². The third-order valence-electron chi connectivity index (χ3n) is 4.47. The SMILES string of the molecule is CCCCCCCCCCCCCc1c[nH]c(C(=O)OCCO)c1F. The van der Waals surface area contributed by atoms with Gasteiger partial charge in [0.15, 0.2) is 11.5 Å². The number of unbranched alkanes of at least 4 members (excludes halogenated alkanes) is 10. The van der Waals surface area contributed by atoms with E-state index in [0.717, 1.165) is 12.8 Å². The van der Waals surface area contributed by atoms with E-state index in [4.69, 9.17) is 9.84 Å². The Morgan fingerprint density at radius 1 is 1.04 bits per heavy atom. The van der Waals surface area contributed by atoms with Crippen LogP contribution >= 0.6 is 0 Å². The highest BCUT2D eigenvalue weighted by atomic mass is 19.1. The standard InChI is InChI=1S/C20H34FNO3/c1-2-3-4-5-6-7-8-9-10-11-12-13-17-16-22-19(18(17)21)20(24)25-15-14-23/h16,22-23H,2-15H2,1H3. The van der Waals surface area contributed by atoms with Gasteiger partial charge in [0.1, 0.15) is 6.61 Å². The van der Waals surface area contributed by atoms with Gasteiger partial charge in [0.05, 0.1) is 6.61 Å². The fraction of sp³-hybridized carbons (Fsp3) is 0.750. The first-order valence-electron chi connectivity index (χ1n) is 9.84. The van der Waals surface area contributed by atoms with E-state index >= 15 is 0 Å². The van der Waals surface area contributed by atoms with Gasteiger partial charge in [-0.25, -0.2) is 9.18 Å². The summed E-state index contributed by atoms with van der Waals surface area (Å²) in [5.41, 5.74) is 0.387. The highest BCUT2D eigenvalue weighted by Crippen LogP contribution is 2.17. The Bertz CT molecular complexity index is 474. The molecule has 5 heteroatoms. The van der Waals surface area contributed by atoms with Gasteiger partial charge in [-0.05, 0) is 12.8 Å². The molecule has 0 bridgehead atoms. The summed E-state index contributed by atoms with van der Waals surface area (Å²) in [6, 6.07) is 0. The predicted molar refractivity (Wildman–Crippen MR) is 98.3 cm³/mol. The maximum atomic E-state index is 14.1. The maximum absolute atomic E-state index is 14.1. The molecule has 0 aliphatic carbocycles. The van der Waals surface area contributed by atoms with Crippen LogP contribution in [0.2, 0.25) is 0 Å². The number of aliphatic hydroxyl groups excluding tert-OH is 1. The first-order valence-corrected chi connectivity index (χ1v) is 9.84. The summed E-state index contributed by atoms with van der Waals surface area (Å²) in [6.45, 7) is 1.86. The average molecular weight is 355 g/mol. The molecule has 1 aromatic heterocycles. The number of aliphatic hydroxyl groups is 1. The minimum atomic E-state index is -0.753. The van der Waals surface area contributed by atoms with Crippen LogP contribution in [0.25, 0.3) is 0 Å². The van der Waals surface area contributed by atoms with E-state index in [1.807, 2.05) is 0 Å². The topological polar surface area (TPSA) is 62.3 Å². The molecule has 0 saturated carbocycles. The second-order valence-electron chi connectivity index (χ2n) is 6.65. The third-order valence-corrected chi connectivity index (χ3v) is 4.47. The van der Waals surface area contributed by atoms with Crippen molar-refractivity contribution in [2.24, 2.45) is 0 Å². The number of hydrogen-bond acceptors (Lipinski definition) is 3. The van der Waals surface area contributed by atoms with Gasteiger partial charge in [-0.2, -0.15) is 0 Å². The lowest BCUT2D eigenvalue weighted by Crippen LogP contribution is -2.10. The number of carbonyl (C=O) groups is 1. The van der Waals surface area contributed by atoms with Crippen LogP contribution in [0.1, 0.15) is 93.6 Å². The lowest BCUT2D eigenvalue weighted by Gasteiger charge is -2.03. The number of esters is 1. The summed E-state index contributed by atoms with van der Waals surface area (Å²) in [5, 5.41) is 8.62. The van der Waals surface area contributed by atoms with Crippen molar-refractivity contribution in [1.82, 2.24) is 4.98 Å². The summed E-state index contributed by atoms with van der Waals surface area (Å²) in [5.74, 6) is -1.27. The Morgan fingerprint density at radius 3 is 2.16 bits per heavy atom. The van der Waals surface area contributed by atoms with Crippen LogP contribution in [0.4, 0.5) is 4.39 Å². The first kappa shape index (κ1) is 21.7. The summed E-state index contributed by atoms with van der Waals surface area (Å²) >= 11 is 0. The number of aromatic nitrogens is 1.